The maximum atomic E-state index is 14.2. The van der Waals surface area contributed by atoms with Crippen molar-refractivity contribution >= 4 is 0 Å². The number of aromatic amines is 1. The van der Waals surface area contributed by atoms with Crippen molar-refractivity contribution in [2.75, 3.05) is 13.7 Å². The molecule has 0 radical (unpaired) electrons. The molecule has 0 amide bonds. The van der Waals surface area contributed by atoms with Gasteiger partial charge in [-0.15, -0.1) is 0 Å². The van der Waals surface area contributed by atoms with Gasteiger partial charge in [-0.2, -0.15) is 0 Å². The largest absolute Gasteiger partial charge is 0.497 e. The van der Waals surface area contributed by atoms with Crippen LogP contribution in [0.25, 0.3) is 11.4 Å². The normalized spacial score (nSPS) is 14.0. The van der Waals surface area contributed by atoms with Crippen LogP contribution in [0, 0.1) is 5.82 Å². The molecule has 0 saturated heterocycles. The minimum atomic E-state index is -0.259. The van der Waals surface area contributed by atoms with Crippen molar-refractivity contribution in [1.82, 2.24) is 14.9 Å². The summed E-state index contributed by atoms with van der Waals surface area (Å²) in [7, 11) is 1.56. The zero-order valence-corrected chi connectivity index (χ0v) is 15.0. The SMILES string of the molecule is COc1ccc(F)c(CN2CCc3c(nc(-c4ccccc4)[nH]c3=O)C2)c1. The molecule has 3 aromatic rings. The van der Waals surface area contributed by atoms with Crippen LogP contribution in [-0.2, 0) is 19.5 Å². The fourth-order valence-electron chi connectivity index (χ4n) is 3.40. The molecule has 0 fully saturated rings. The number of fused-ring (bicyclic) bond motifs is 1. The average molecular weight is 365 g/mol. The lowest BCUT2D eigenvalue weighted by Gasteiger charge is -2.28. The van der Waals surface area contributed by atoms with E-state index in [1.807, 2.05) is 30.3 Å². The third kappa shape index (κ3) is 3.61. The van der Waals surface area contributed by atoms with E-state index < -0.39 is 0 Å². The first-order valence-corrected chi connectivity index (χ1v) is 8.86. The molecule has 1 N–H and O–H groups in total. The van der Waals surface area contributed by atoms with Crippen molar-refractivity contribution in [3.63, 3.8) is 0 Å². The van der Waals surface area contributed by atoms with Crippen LogP contribution in [0.3, 0.4) is 0 Å². The maximum Gasteiger partial charge on any atom is 0.254 e. The highest BCUT2D eigenvalue weighted by Gasteiger charge is 2.22. The second-order valence-corrected chi connectivity index (χ2v) is 6.62. The van der Waals surface area contributed by atoms with Crippen molar-refractivity contribution in [2.45, 2.75) is 19.5 Å². The molecule has 5 nitrogen and oxygen atoms in total. The number of halogens is 1. The lowest BCUT2D eigenvalue weighted by atomic mass is 10.0. The number of ether oxygens (including phenoxy) is 1. The number of aromatic nitrogens is 2. The first-order valence-electron chi connectivity index (χ1n) is 8.86. The number of hydrogen-bond donors (Lipinski definition) is 1. The Labute approximate surface area is 156 Å². The van der Waals surface area contributed by atoms with Crippen LogP contribution in [0.5, 0.6) is 5.75 Å². The minimum absolute atomic E-state index is 0.0916. The van der Waals surface area contributed by atoms with Gasteiger partial charge < -0.3 is 9.72 Å². The molecular formula is C21H20FN3O2. The molecule has 1 aromatic heterocycles. The Balaban J connectivity index is 1.61. The molecule has 1 aliphatic rings. The summed E-state index contributed by atoms with van der Waals surface area (Å²) in [5.74, 6) is 0.934. The number of methoxy groups -OCH3 is 1. The van der Waals surface area contributed by atoms with Gasteiger partial charge in [0.2, 0.25) is 0 Å². The summed E-state index contributed by atoms with van der Waals surface area (Å²) < 4.78 is 19.3. The first kappa shape index (κ1) is 17.4. The van der Waals surface area contributed by atoms with E-state index in [2.05, 4.69) is 14.9 Å². The molecule has 0 atom stereocenters. The Morgan fingerprint density at radius 1 is 1.22 bits per heavy atom. The quantitative estimate of drug-likeness (QED) is 0.772. The van der Waals surface area contributed by atoms with E-state index in [0.29, 0.717) is 43.2 Å². The van der Waals surface area contributed by atoms with Crippen LogP contribution in [0.1, 0.15) is 16.8 Å². The molecule has 6 heteroatoms. The number of nitrogens with zero attached hydrogens (tertiary/aromatic N) is 2. The Morgan fingerprint density at radius 2 is 2.04 bits per heavy atom. The molecule has 27 heavy (non-hydrogen) atoms. The lowest BCUT2D eigenvalue weighted by Crippen LogP contribution is -2.35. The summed E-state index contributed by atoms with van der Waals surface area (Å²) in [6, 6.07) is 14.3. The molecule has 0 aliphatic carbocycles. The van der Waals surface area contributed by atoms with E-state index in [9.17, 15) is 9.18 Å². The molecule has 2 heterocycles. The van der Waals surface area contributed by atoms with Crippen molar-refractivity contribution < 1.29 is 9.13 Å². The van der Waals surface area contributed by atoms with Crippen molar-refractivity contribution in [1.29, 1.82) is 0 Å². The zero-order chi connectivity index (χ0) is 18.8. The van der Waals surface area contributed by atoms with E-state index in [1.54, 1.807) is 19.2 Å². The highest BCUT2D eigenvalue weighted by Crippen LogP contribution is 2.22. The molecule has 0 spiro atoms. The van der Waals surface area contributed by atoms with Gasteiger partial charge in [0.05, 0.1) is 12.8 Å². The van der Waals surface area contributed by atoms with E-state index in [1.165, 1.54) is 6.07 Å². The predicted octanol–water partition coefficient (Wildman–Crippen LogP) is 3.14. The molecule has 138 valence electrons. The van der Waals surface area contributed by atoms with Gasteiger partial charge in [0, 0.05) is 36.3 Å². The van der Waals surface area contributed by atoms with Gasteiger partial charge in [0.1, 0.15) is 17.4 Å². The smallest absolute Gasteiger partial charge is 0.254 e. The van der Waals surface area contributed by atoms with Crippen LogP contribution >= 0.6 is 0 Å². The summed E-state index contributed by atoms with van der Waals surface area (Å²) in [5, 5.41) is 0. The summed E-state index contributed by atoms with van der Waals surface area (Å²) >= 11 is 0. The van der Waals surface area contributed by atoms with Gasteiger partial charge in [-0.1, -0.05) is 30.3 Å². The van der Waals surface area contributed by atoms with Gasteiger partial charge in [-0.25, -0.2) is 9.37 Å². The van der Waals surface area contributed by atoms with Gasteiger partial charge in [-0.3, -0.25) is 9.69 Å². The summed E-state index contributed by atoms with van der Waals surface area (Å²) in [6.45, 7) is 1.63. The van der Waals surface area contributed by atoms with Crippen LogP contribution in [0.2, 0.25) is 0 Å². The van der Waals surface area contributed by atoms with Crippen molar-refractivity contribution in [3.05, 3.63) is 81.5 Å². The monoisotopic (exact) mass is 365 g/mol. The van der Waals surface area contributed by atoms with E-state index >= 15 is 0 Å². The molecule has 0 unspecified atom stereocenters. The fraction of sp³-hybridized carbons (Fsp3) is 0.238. The van der Waals surface area contributed by atoms with Crippen LogP contribution < -0.4 is 10.3 Å². The lowest BCUT2D eigenvalue weighted by molar-refractivity contribution is 0.237. The molecule has 0 saturated carbocycles. The highest BCUT2D eigenvalue weighted by atomic mass is 19.1. The molecule has 4 rings (SSSR count). The summed E-state index contributed by atoms with van der Waals surface area (Å²) in [6.07, 6.45) is 0.596. The van der Waals surface area contributed by atoms with E-state index in [-0.39, 0.29) is 11.4 Å². The Hall–Kier alpha value is -2.99. The second-order valence-electron chi connectivity index (χ2n) is 6.62. The van der Waals surface area contributed by atoms with Gasteiger partial charge in [0.15, 0.2) is 0 Å². The van der Waals surface area contributed by atoms with Gasteiger partial charge in [0.25, 0.3) is 5.56 Å². The van der Waals surface area contributed by atoms with E-state index in [0.717, 1.165) is 16.8 Å². The third-order valence-electron chi connectivity index (χ3n) is 4.85. The number of H-pyrrole nitrogens is 1. The minimum Gasteiger partial charge on any atom is -0.497 e. The number of rotatable bonds is 4. The number of benzene rings is 2. The third-order valence-corrected chi connectivity index (χ3v) is 4.85. The van der Waals surface area contributed by atoms with Crippen LogP contribution in [-0.4, -0.2) is 28.5 Å². The second kappa shape index (κ2) is 7.32. The van der Waals surface area contributed by atoms with Gasteiger partial charge >= 0.3 is 0 Å². The Kier molecular flexibility index (Phi) is 4.73. The molecule has 0 bridgehead atoms. The molecular weight excluding hydrogens is 345 g/mol. The maximum absolute atomic E-state index is 14.2. The number of nitrogens with one attached hydrogen (secondary N) is 1. The van der Waals surface area contributed by atoms with Gasteiger partial charge in [-0.05, 0) is 24.6 Å². The highest BCUT2D eigenvalue weighted by molar-refractivity contribution is 5.54. The summed E-state index contributed by atoms with van der Waals surface area (Å²) in [4.78, 5) is 22.1. The Morgan fingerprint density at radius 3 is 2.81 bits per heavy atom. The van der Waals surface area contributed by atoms with E-state index in [4.69, 9.17) is 4.74 Å². The number of hydrogen-bond acceptors (Lipinski definition) is 4. The predicted molar refractivity (Wildman–Crippen MR) is 101 cm³/mol. The standard InChI is InChI=1S/C21H20FN3O2/c1-27-16-7-8-18(22)15(11-16)12-25-10-9-17-19(13-25)23-20(24-21(17)26)14-5-3-2-4-6-14/h2-8,11H,9-10,12-13H2,1H3,(H,23,24,26). The Bertz CT molecular complexity index is 1020. The fourth-order valence-corrected chi connectivity index (χ4v) is 3.40. The van der Waals surface area contributed by atoms with Crippen LogP contribution in [0.4, 0.5) is 4.39 Å². The molecule has 1 aliphatic heterocycles. The topological polar surface area (TPSA) is 58.2 Å². The van der Waals surface area contributed by atoms with Crippen molar-refractivity contribution in [3.8, 4) is 17.1 Å². The average Bonchev–Trinajstić information content (AvgIpc) is 2.70. The van der Waals surface area contributed by atoms with Crippen LogP contribution in [0.15, 0.2) is 53.3 Å². The molecule has 2 aromatic carbocycles. The zero-order valence-electron chi connectivity index (χ0n) is 15.0. The summed E-state index contributed by atoms with van der Waals surface area (Å²) in [5.41, 5.74) is 2.83. The van der Waals surface area contributed by atoms with Crippen molar-refractivity contribution in [2.24, 2.45) is 0 Å². The first-order chi connectivity index (χ1) is 13.1.